The maximum atomic E-state index is 11.9. The van der Waals surface area contributed by atoms with Gasteiger partial charge >= 0.3 is 0 Å². The summed E-state index contributed by atoms with van der Waals surface area (Å²) in [5.74, 6) is -0.385. The molecule has 1 rings (SSSR count). The third-order valence-electron chi connectivity index (χ3n) is 2.07. The molecular weight excluding hydrogens is 262 g/mol. The Morgan fingerprint density at radius 1 is 1.53 bits per heavy atom. The van der Waals surface area contributed by atoms with Gasteiger partial charge in [-0.05, 0) is 19.1 Å². The van der Waals surface area contributed by atoms with Crippen molar-refractivity contribution in [1.29, 1.82) is 0 Å². The quantitative estimate of drug-likeness (QED) is 0.683. The number of likely N-dealkylation sites (N-methyl/N-ethyl adjacent to an activating group) is 1. The summed E-state index contributed by atoms with van der Waals surface area (Å²) in [4.78, 5) is 12.0. The van der Waals surface area contributed by atoms with Crippen molar-refractivity contribution in [1.82, 2.24) is 10.0 Å². The molecule has 4 N–H and O–H groups in total. The fraction of sp³-hybridized carbons (Fsp3) is 0.444. The van der Waals surface area contributed by atoms with E-state index < -0.39 is 16.1 Å². The van der Waals surface area contributed by atoms with Gasteiger partial charge in [0.2, 0.25) is 5.91 Å². The zero-order chi connectivity index (χ0) is 13.1. The molecule has 8 heteroatoms. The first-order valence-electron chi connectivity index (χ1n) is 4.93. The van der Waals surface area contributed by atoms with Crippen LogP contribution in [0, 0.1) is 0 Å². The van der Waals surface area contributed by atoms with Gasteiger partial charge in [-0.1, -0.05) is 0 Å². The lowest BCUT2D eigenvalue weighted by atomic mass is 10.3. The topological polar surface area (TPSA) is 101 Å². The number of carbonyl (C=O) groups is 1. The Labute approximate surface area is 104 Å². The van der Waals surface area contributed by atoms with E-state index in [4.69, 9.17) is 5.73 Å². The van der Waals surface area contributed by atoms with E-state index >= 15 is 0 Å². The number of amides is 1. The summed E-state index contributed by atoms with van der Waals surface area (Å²) in [7, 11) is -2.20. The van der Waals surface area contributed by atoms with Crippen LogP contribution in [0.5, 0.6) is 0 Å². The highest BCUT2D eigenvalue weighted by atomic mass is 32.2. The van der Waals surface area contributed by atoms with Crippen molar-refractivity contribution in [2.75, 3.05) is 7.05 Å². The normalized spacial score (nSPS) is 13.4. The predicted octanol–water partition coefficient (Wildman–Crippen LogP) is -0.380. The van der Waals surface area contributed by atoms with Gasteiger partial charge in [0, 0.05) is 18.5 Å². The first kappa shape index (κ1) is 14.1. The molecule has 1 amide bonds. The molecular formula is C9H15N3O3S2. The Hall–Kier alpha value is -0.960. The van der Waals surface area contributed by atoms with Crippen LogP contribution in [0.3, 0.4) is 0 Å². The largest absolute Gasteiger partial charge is 0.358 e. The van der Waals surface area contributed by atoms with Crippen LogP contribution in [0.4, 0.5) is 0 Å². The number of thiophene rings is 1. The van der Waals surface area contributed by atoms with Gasteiger partial charge in [0.05, 0.1) is 6.04 Å². The Balaban J connectivity index is 2.85. The first-order valence-corrected chi connectivity index (χ1v) is 7.23. The lowest BCUT2D eigenvalue weighted by molar-refractivity contribution is -0.121. The summed E-state index contributed by atoms with van der Waals surface area (Å²) in [6, 6.07) is 2.32. The van der Waals surface area contributed by atoms with E-state index in [0.29, 0.717) is 6.54 Å². The Kier molecular flexibility index (Phi) is 4.63. The highest BCUT2D eigenvalue weighted by Gasteiger charge is 2.22. The third-order valence-corrected chi connectivity index (χ3v) is 5.21. The second-order valence-corrected chi connectivity index (χ2v) is 6.49. The second-order valence-electron chi connectivity index (χ2n) is 3.38. The molecule has 96 valence electrons. The van der Waals surface area contributed by atoms with E-state index in [1.807, 2.05) is 0 Å². The summed E-state index contributed by atoms with van der Waals surface area (Å²) >= 11 is 1.09. The van der Waals surface area contributed by atoms with E-state index in [1.54, 1.807) is 6.07 Å². The molecule has 0 spiro atoms. The minimum atomic E-state index is -3.65. The zero-order valence-corrected chi connectivity index (χ0v) is 11.2. The van der Waals surface area contributed by atoms with Crippen molar-refractivity contribution < 1.29 is 13.2 Å². The molecule has 1 heterocycles. The number of nitrogens with one attached hydrogen (secondary N) is 2. The van der Waals surface area contributed by atoms with Crippen LogP contribution in [0.2, 0.25) is 0 Å². The summed E-state index contributed by atoms with van der Waals surface area (Å²) in [5, 5.41) is 2.37. The maximum absolute atomic E-state index is 11.9. The van der Waals surface area contributed by atoms with Gasteiger partial charge in [-0.15, -0.1) is 11.3 Å². The number of carbonyl (C=O) groups excluding carboxylic acids is 1. The molecule has 0 aliphatic carbocycles. The Bertz CT molecular complexity index is 495. The molecule has 17 heavy (non-hydrogen) atoms. The fourth-order valence-corrected chi connectivity index (χ4v) is 3.63. The lowest BCUT2D eigenvalue weighted by Gasteiger charge is -2.11. The SMILES string of the molecule is CNC(=O)C(C)NS(=O)(=O)c1ccc(CN)s1. The first-order chi connectivity index (χ1) is 7.90. The highest BCUT2D eigenvalue weighted by molar-refractivity contribution is 7.91. The molecule has 0 aromatic carbocycles. The molecule has 0 fully saturated rings. The van der Waals surface area contributed by atoms with Gasteiger partial charge in [-0.2, -0.15) is 4.72 Å². The summed E-state index contributed by atoms with van der Waals surface area (Å²) in [6.07, 6.45) is 0. The second kappa shape index (κ2) is 5.58. The molecule has 0 aliphatic heterocycles. The van der Waals surface area contributed by atoms with Gasteiger partial charge in [0.1, 0.15) is 4.21 Å². The van der Waals surface area contributed by atoms with E-state index in [2.05, 4.69) is 10.0 Å². The van der Waals surface area contributed by atoms with Crippen molar-refractivity contribution >= 4 is 27.3 Å². The number of rotatable bonds is 5. The van der Waals surface area contributed by atoms with Crippen LogP contribution >= 0.6 is 11.3 Å². The van der Waals surface area contributed by atoms with E-state index in [0.717, 1.165) is 16.2 Å². The van der Waals surface area contributed by atoms with Crippen LogP contribution in [-0.4, -0.2) is 27.4 Å². The molecule has 0 saturated heterocycles. The standard InChI is InChI=1S/C9H15N3O3S2/c1-6(9(13)11-2)12-17(14,15)8-4-3-7(5-10)16-8/h3-4,6,12H,5,10H2,1-2H3,(H,11,13). The zero-order valence-electron chi connectivity index (χ0n) is 9.56. The smallest absolute Gasteiger partial charge is 0.250 e. The Morgan fingerprint density at radius 2 is 2.18 bits per heavy atom. The van der Waals surface area contributed by atoms with Crippen LogP contribution in [0.1, 0.15) is 11.8 Å². The van der Waals surface area contributed by atoms with E-state index in [9.17, 15) is 13.2 Å². The van der Waals surface area contributed by atoms with Crippen LogP contribution in [-0.2, 0) is 21.4 Å². The Morgan fingerprint density at radius 3 is 2.65 bits per heavy atom. The number of nitrogens with two attached hydrogens (primary N) is 1. The molecule has 1 aromatic rings. The molecule has 0 radical (unpaired) electrons. The van der Waals surface area contributed by atoms with Crippen LogP contribution in [0.25, 0.3) is 0 Å². The van der Waals surface area contributed by atoms with Crippen LogP contribution in [0.15, 0.2) is 16.3 Å². The average Bonchev–Trinajstić information content (AvgIpc) is 2.76. The van der Waals surface area contributed by atoms with Gasteiger partial charge < -0.3 is 11.1 Å². The van der Waals surface area contributed by atoms with Crippen molar-refractivity contribution in [3.05, 3.63) is 17.0 Å². The van der Waals surface area contributed by atoms with Gasteiger partial charge in [0.15, 0.2) is 0 Å². The van der Waals surface area contributed by atoms with Crippen molar-refractivity contribution in [3.63, 3.8) is 0 Å². The molecule has 6 nitrogen and oxygen atoms in total. The summed E-state index contributed by atoms with van der Waals surface area (Å²) in [6.45, 7) is 1.78. The maximum Gasteiger partial charge on any atom is 0.250 e. The van der Waals surface area contributed by atoms with Crippen molar-refractivity contribution in [2.45, 2.75) is 23.7 Å². The third kappa shape index (κ3) is 3.50. The molecule has 0 bridgehead atoms. The van der Waals surface area contributed by atoms with Crippen molar-refractivity contribution in [2.24, 2.45) is 5.73 Å². The van der Waals surface area contributed by atoms with Gasteiger partial charge in [-0.25, -0.2) is 8.42 Å². The monoisotopic (exact) mass is 277 g/mol. The van der Waals surface area contributed by atoms with Crippen LogP contribution < -0.4 is 15.8 Å². The van der Waals surface area contributed by atoms with E-state index in [1.165, 1.54) is 20.0 Å². The minimum absolute atomic E-state index is 0.161. The molecule has 1 atom stereocenters. The highest BCUT2D eigenvalue weighted by Crippen LogP contribution is 2.21. The average molecular weight is 277 g/mol. The lowest BCUT2D eigenvalue weighted by Crippen LogP contribution is -2.43. The molecule has 1 aromatic heterocycles. The molecule has 1 unspecified atom stereocenters. The minimum Gasteiger partial charge on any atom is -0.358 e. The number of hydrogen-bond donors (Lipinski definition) is 3. The summed E-state index contributed by atoms with van der Waals surface area (Å²) in [5.41, 5.74) is 5.41. The van der Waals surface area contributed by atoms with Gasteiger partial charge in [-0.3, -0.25) is 4.79 Å². The number of hydrogen-bond acceptors (Lipinski definition) is 5. The number of sulfonamides is 1. The predicted molar refractivity (Wildman–Crippen MR) is 66.1 cm³/mol. The van der Waals surface area contributed by atoms with Gasteiger partial charge in [0.25, 0.3) is 10.0 Å². The van der Waals surface area contributed by atoms with Crippen molar-refractivity contribution in [3.8, 4) is 0 Å². The van der Waals surface area contributed by atoms with E-state index in [-0.39, 0.29) is 10.1 Å². The molecule has 0 aliphatic rings. The molecule has 0 saturated carbocycles. The summed E-state index contributed by atoms with van der Waals surface area (Å²) < 4.78 is 26.2. The fourth-order valence-electron chi connectivity index (χ4n) is 1.17.